The highest BCUT2D eigenvalue weighted by Gasteiger charge is 2.08. The monoisotopic (exact) mass is 253 g/mol. The van der Waals surface area contributed by atoms with Crippen LogP contribution in [0.5, 0.6) is 0 Å². The smallest absolute Gasteiger partial charge is 0.305 e. The third kappa shape index (κ3) is 4.49. The molecule has 0 radical (unpaired) electrons. The second kappa shape index (κ2) is 7.16. The van der Waals surface area contributed by atoms with Crippen LogP contribution in [0.1, 0.15) is 38.4 Å². The molecule has 5 nitrogen and oxygen atoms in total. The number of ether oxygens (including phenoxy) is 1. The molecule has 1 aromatic rings. The van der Waals surface area contributed by atoms with E-state index in [9.17, 15) is 4.79 Å². The van der Waals surface area contributed by atoms with E-state index in [1.54, 1.807) is 0 Å². The minimum absolute atomic E-state index is 0.143. The van der Waals surface area contributed by atoms with Crippen molar-refractivity contribution in [1.82, 2.24) is 14.5 Å². The molecule has 0 saturated heterocycles. The van der Waals surface area contributed by atoms with Crippen molar-refractivity contribution in [3.63, 3.8) is 0 Å². The number of esters is 1. The van der Waals surface area contributed by atoms with Crippen LogP contribution in [0.2, 0.25) is 0 Å². The summed E-state index contributed by atoms with van der Waals surface area (Å²) in [6.45, 7) is 6.00. The number of aromatic nitrogens is 2. The van der Waals surface area contributed by atoms with Gasteiger partial charge in [0.25, 0.3) is 0 Å². The number of hydrogen-bond acceptors (Lipinski definition) is 4. The Morgan fingerprint density at radius 2 is 2.28 bits per heavy atom. The van der Waals surface area contributed by atoms with Crippen LogP contribution in [-0.2, 0) is 16.1 Å². The molecule has 1 heterocycles. The predicted molar refractivity (Wildman–Crippen MR) is 70.2 cm³/mol. The summed E-state index contributed by atoms with van der Waals surface area (Å²) < 4.78 is 6.78. The average molecular weight is 253 g/mol. The second-order valence-corrected chi connectivity index (χ2v) is 4.80. The number of rotatable bonds is 7. The van der Waals surface area contributed by atoms with Crippen LogP contribution in [0, 0.1) is 0 Å². The van der Waals surface area contributed by atoms with Gasteiger partial charge in [-0.25, -0.2) is 4.98 Å². The van der Waals surface area contributed by atoms with Crippen LogP contribution >= 0.6 is 0 Å². The molecule has 0 bridgehead atoms. The van der Waals surface area contributed by atoms with Gasteiger partial charge in [0.1, 0.15) is 0 Å². The van der Waals surface area contributed by atoms with Gasteiger partial charge in [0.2, 0.25) is 0 Å². The van der Waals surface area contributed by atoms with Gasteiger partial charge in [-0.15, -0.1) is 0 Å². The van der Waals surface area contributed by atoms with Crippen molar-refractivity contribution in [2.24, 2.45) is 0 Å². The van der Waals surface area contributed by atoms with Crippen molar-refractivity contribution >= 4 is 5.97 Å². The lowest BCUT2D eigenvalue weighted by atomic mass is 10.3. The number of hydrogen-bond donors (Lipinski definition) is 0. The maximum Gasteiger partial charge on any atom is 0.305 e. The van der Waals surface area contributed by atoms with Crippen LogP contribution < -0.4 is 0 Å². The third-order valence-electron chi connectivity index (χ3n) is 2.88. The van der Waals surface area contributed by atoms with Gasteiger partial charge < -0.3 is 14.2 Å². The van der Waals surface area contributed by atoms with E-state index in [4.69, 9.17) is 0 Å². The van der Waals surface area contributed by atoms with Gasteiger partial charge in [-0.2, -0.15) is 0 Å². The quantitative estimate of drug-likeness (QED) is 0.696. The summed E-state index contributed by atoms with van der Waals surface area (Å²) in [5.74, 6) is -0.143. The van der Waals surface area contributed by atoms with Gasteiger partial charge in [0.15, 0.2) is 0 Å². The highest BCUT2D eigenvalue weighted by molar-refractivity contribution is 5.69. The molecule has 0 amide bonds. The highest BCUT2D eigenvalue weighted by Crippen LogP contribution is 2.11. The first-order valence-corrected chi connectivity index (χ1v) is 6.30. The summed E-state index contributed by atoms with van der Waals surface area (Å²) >= 11 is 0. The Morgan fingerprint density at radius 1 is 1.56 bits per heavy atom. The van der Waals surface area contributed by atoms with E-state index >= 15 is 0 Å². The summed E-state index contributed by atoms with van der Waals surface area (Å²) in [5, 5.41) is 0. The summed E-state index contributed by atoms with van der Waals surface area (Å²) in [7, 11) is 3.47. The van der Waals surface area contributed by atoms with Crippen LogP contribution in [0.15, 0.2) is 12.5 Å². The molecule has 0 aliphatic rings. The SMILES string of the molecule is COC(=O)CCCN(C)Cc1cncn1C(C)C. The lowest BCUT2D eigenvalue weighted by Gasteiger charge is -2.18. The molecule has 102 valence electrons. The second-order valence-electron chi connectivity index (χ2n) is 4.80. The number of carbonyl (C=O) groups is 1. The first-order chi connectivity index (χ1) is 8.54. The summed E-state index contributed by atoms with van der Waals surface area (Å²) in [5.41, 5.74) is 1.20. The summed E-state index contributed by atoms with van der Waals surface area (Å²) in [6.07, 6.45) is 5.06. The van der Waals surface area contributed by atoms with Gasteiger partial charge >= 0.3 is 5.97 Å². The first kappa shape index (κ1) is 14.7. The fraction of sp³-hybridized carbons (Fsp3) is 0.692. The Hall–Kier alpha value is -1.36. The highest BCUT2D eigenvalue weighted by atomic mass is 16.5. The first-order valence-electron chi connectivity index (χ1n) is 6.30. The average Bonchev–Trinajstić information content (AvgIpc) is 2.76. The van der Waals surface area contributed by atoms with Gasteiger partial charge in [0, 0.05) is 25.2 Å². The van der Waals surface area contributed by atoms with Crippen molar-refractivity contribution in [2.45, 2.75) is 39.3 Å². The van der Waals surface area contributed by atoms with E-state index in [0.717, 1.165) is 19.5 Å². The molecule has 0 N–H and O–H groups in total. The Labute approximate surface area is 109 Å². The molecular weight excluding hydrogens is 230 g/mol. The summed E-state index contributed by atoms with van der Waals surface area (Å²) in [4.78, 5) is 17.4. The van der Waals surface area contributed by atoms with E-state index in [1.165, 1.54) is 12.8 Å². The standard InChI is InChI=1S/C13H23N3O2/c1-11(2)16-10-14-8-12(16)9-15(3)7-5-6-13(17)18-4/h8,10-11H,5-7,9H2,1-4H3. The maximum absolute atomic E-state index is 11.0. The molecule has 0 atom stereocenters. The normalized spacial score (nSPS) is 11.2. The molecule has 0 saturated carbocycles. The van der Waals surface area contributed by atoms with E-state index in [1.807, 2.05) is 12.5 Å². The van der Waals surface area contributed by atoms with Crippen LogP contribution in [0.4, 0.5) is 0 Å². The molecule has 0 aromatic carbocycles. The molecule has 1 aromatic heterocycles. The number of imidazole rings is 1. The molecule has 5 heteroatoms. The Morgan fingerprint density at radius 3 is 2.89 bits per heavy atom. The Kier molecular flexibility index (Phi) is 5.85. The molecule has 18 heavy (non-hydrogen) atoms. The minimum atomic E-state index is -0.143. The summed E-state index contributed by atoms with van der Waals surface area (Å²) in [6, 6.07) is 0.422. The van der Waals surface area contributed by atoms with Gasteiger partial charge in [-0.1, -0.05) is 0 Å². The lowest BCUT2D eigenvalue weighted by molar-refractivity contribution is -0.140. The van der Waals surface area contributed by atoms with Gasteiger partial charge in [-0.3, -0.25) is 4.79 Å². The minimum Gasteiger partial charge on any atom is -0.469 e. The van der Waals surface area contributed by atoms with Crippen molar-refractivity contribution in [2.75, 3.05) is 20.7 Å². The van der Waals surface area contributed by atoms with Crippen molar-refractivity contribution < 1.29 is 9.53 Å². The molecular formula is C13H23N3O2. The molecule has 0 fully saturated rings. The fourth-order valence-corrected chi connectivity index (χ4v) is 1.87. The van der Waals surface area contributed by atoms with E-state index in [2.05, 4.69) is 40.1 Å². The van der Waals surface area contributed by atoms with Crippen molar-refractivity contribution in [1.29, 1.82) is 0 Å². The molecule has 1 rings (SSSR count). The Bertz CT molecular complexity index is 374. The number of methoxy groups -OCH3 is 1. The van der Waals surface area contributed by atoms with Gasteiger partial charge in [0.05, 0.1) is 19.1 Å². The number of carbonyl (C=O) groups excluding carboxylic acids is 1. The number of nitrogens with zero attached hydrogens (tertiary/aromatic N) is 3. The topological polar surface area (TPSA) is 47.4 Å². The van der Waals surface area contributed by atoms with Crippen molar-refractivity contribution in [3.05, 3.63) is 18.2 Å². The van der Waals surface area contributed by atoms with E-state index in [-0.39, 0.29) is 5.97 Å². The van der Waals surface area contributed by atoms with E-state index in [0.29, 0.717) is 12.5 Å². The van der Waals surface area contributed by atoms with Crippen LogP contribution in [0.25, 0.3) is 0 Å². The van der Waals surface area contributed by atoms with Crippen LogP contribution in [-0.4, -0.2) is 41.1 Å². The molecule has 0 unspecified atom stereocenters. The zero-order chi connectivity index (χ0) is 13.5. The zero-order valence-electron chi connectivity index (χ0n) is 11.7. The fourth-order valence-electron chi connectivity index (χ4n) is 1.87. The third-order valence-corrected chi connectivity index (χ3v) is 2.88. The van der Waals surface area contributed by atoms with Gasteiger partial charge in [-0.05, 0) is 33.9 Å². The van der Waals surface area contributed by atoms with E-state index < -0.39 is 0 Å². The molecule has 0 aliphatic heterocycles. The van der Waals surface area contributed by atoms with Crippen LogP contribution in [0.3, 0.4) is 0 Å². The molecule has 0 aliphatic carbocycles. The maximum atomic E-state index is 11.0. The largest absolute Gasteiger partial charge is 0.469 e. The zero-order valence-corrected chi connectivity index (χ0v) is 11.7. The molecule has 0 spiro atoms. The predicted octanol–water partition coefficient (Wildman–Crippen LogP) is 1.85. The Balaban J connectivity index is 2.37. The lowest BCUT2D eigenvalue weighted by Crippen LogP contribution is -2.22. The van der Waals surface area contributed by atoms with Crippen molar-refractivity contribution in [3.8, 4) is 0 Å².